The van der Waals surface area contributed by atoms with Crippen molar-refractivity contribution in [1.29, 1.82) is 0 Å². The lowest BCUT2D eigenvalue weighted by Crippen LogP contribution is -2.36. The smallest absolute Gasteiger partial charge is 0.263 e. The van der Waals surface area contributed by atoms with Gasteiger partial charge < -0.3 is 9.45 Å². The molecule has 1 aliphatic rings. The second-order valence-electron chi connectivity index (χ2n) is 6.78. The van der Waals surface area contributed by atoms with Gasteiger partial charge in [-0.25, -0.2) is 18.0 Å². The number of nitrogens with zero attached hydrogens (tertiary/aromatic N) is 2. The highest BCUT2D eigenvalue weighted by Gasteiger charge is 2.21. The topological polar surface area (TPSA) is 106 Å². The van der Waals surface area contributed by atoms with E-state index in [4.69, 9.17) is 0 Å². The van der Waals surface area contributed by atoms with Crippen LogP contribution in [-0.4, -0.2) is 48.5 Å². The Morgan fingerprint density at radius 3 is 2.41 bits per heavy atom. The molecule has 0 radical (unpaired) electrons. The van der Waals surface area contributed by atoms with Crippen molar-refractivity contribution in [2.24, 2.45) is 7.05 Å². The molecule has 1 fully saturated rings. The third kappa shape index (κ3) is 11.1. The molecule has 0 spiro atoms. The van der Waals surface area contributed by atoms with Gasteiger partial charge in [0.15, 0.2) is 0 Å². The van der Waals surface area contributed by atoms with E-state index in [-0.39, 0.29) is 12.5 Å². The number of carbonyl (C=O) groups excluding carboxylic acids is 1. The van der Waals surface area contributed by atoms with Gasteiger partial charge in [0.25, 0.3) is 5.82 Å². The lowest BCUT2D eigenvalue weighted by Gasteiger charge is -2.13. The Kier molecular flexibility index (Phi) is 11.2. The summed E-state index contributed by atoms with van der Waals surface area (Å²) in [5.41, 5.74) is 0. The molecule has 1 aromatic heterocycles. The van der Waals surface area contributed by atoms with E-state index in [2.05, 4.69) is 16.1 Å². The maximum Gasteiger partial charge on any atom is 0.263 e. The van der Waals surface area contributed by atoms with Gasteiger partial charge in [0.2, 0.25) is 16.3 Å². The average molecular weight is 404 g/mol. The summed E-state index contributed by atoms with van der Waals surface area (Å²) in [5, 5.41) is 0. The predicted octanol–water partition coefficient (Wildman–Crippen LogP) is 1.83. The van der Waals surface area contributed by atoms with Crippen LogP contribution in [0, 0.1) is 0 Å². The lowest BCUT2D eigenvalue weighted by atomic mass is 10.1. The molecule has 2 heterocycles. The van der Waals surface area contributed by atoms with Gasteiger partial charge in [-0.1, -0.05) is 39.0 Å². The fourth-order valence-corrected chi connectivity index (χ4v) is 3.20. The van der Waals surface area contributed by atoms with E-state index in [0.29, 0.717) is 12.8 Å². The quantitative estimate of drug-likeness (QED) is 0.278. The van der Waals surface area contributed by atoms with Crippen LogP contribution in [0.2, 0.25) is 0 Å². The van der Waals surface area contributed by atoms with Crippen molar-refractivity contribution < 1.29 is 26.5 Å². The highest BCUT2D eigenvalue weighted by Crippen LogP contribution is 2.08. The van der Waals surface area contributed by atoms with E-state index in [1.54, 1.807) is 0 Å². The van der Waals surface area contributed by atoms with E-state index >= 15 is 0 Å². The van der Waals surface area contributed by atoms with Crippen LogP contribution in [0.15, 0.2) is 12.4 Å². The molecule has 9 heteroatoms. The van der Waals surface area contributed by atoms with Crippen molar-refractivity contribution in [3.05, 3.63) is 18.2 Å². The number of aromatic nitrogens is 2. The lowest BCUT2D eigenvalue weighted by molar-refractivity contribution is -0.677. The van der Waals surface area contributed by atoms with Crippen molar-refractivity contribution in [3.63, 3.8) is 0 Å². The van der Waals surface area contributed by atoms with Gasteiger partial charge in [-0.15, -0.1) is 0 Å². The number of H-pyrrole nitrogens is 1. The van der Waals surface area contributed by atoms with Crippen LogP contribution in [0.5, 0.6) is 0 Å². The van der Waals surface area contributed by atoms with Crippen LogP contribution in [0.3, 0.4) is 0 Å². The molecule has 27 heavy (non-hydrogen) atoms. The van der Waals surface area contributed by atoms with Gasteiger partial charge in [-0.2, -0.15) is 0 Å². The number of likely N-dealkylation sites (tertiary alicyclic amines) is 1. The van der Waals surface area contributed by atoms with Gasteiger partial charge >= 0.3 is 0 Å². The molecule has 8 nitrogen and oxygen atoms in total. The number of unbranched alkanes of at least 4 members (excludes halogenated alkanes) is 5. The number of hydrogen-bond donors (Lipinski definition) is 1. The molecule has 1 aliphatic heterocycles. The minimum absolute atomic E-state index is 0.0258. The Morgan fingerprint density at radius 2 is 1.85 bits per heavy atom. The first-order valence-electron chi connectivity index (χ1n) is 9.73. The van der Waals surface area contributed by atoms with Crippen molar-refractivity contribution in [2.75, 3.05) is 19.7 Å². The zero-order valence-electron chi connectivity index (χ0n) is 16.5. The molecule has 156 valence electrons. The monoisotopic (exact) mass is 403 g/mol. The summed E-state index contributed by atoms with van der Waals surface area (Å²) in [6.07, 6.45) is 12.8. The summed E-state index contributed by atoms with van der Waals surface area (Å²) < 4.78 is 36.0. The van der Waals surface area contributed by atoms with Crippen molar-refractivity contribution in [1.82, 2.24) is 9.88 Å². The van der Waals surface area contributed by atoms with E-state index in [0.717, 1.165) is 44.6 Å². The Morgan fingerprint density at radius 1 is 1.22 bits per heavy atom. The Bertz CT molecular complexity index is 639. The molecule has 1 N–H and O–H groups in total. The van der Waals surface area contributed by atoms with Gasteiger partial charge in [-0.05, 0) is 19.3 Å². The number of nitrogens with one attached hydrogen (secondary N) is 1. The predicted molar refractivity (Wildman–Crippen MR) is 101 cm³/mol. The first kappa shape index (κ1) is 23.6. The summed E-state index contributed by atoms with van der Waals surface area (Å²) in [4.78, 5) is 16.8. The molecular formula is C18H33N3O5S. The molecule has 1 amide bonds. The summed E-state index contributed by atoms with van der Waals surface area (Å²) in [5.74, 6) is 1.21. The number of aryl methyl sites for hydroxylation is 1. The van der Waals surface area contributed by atoms with Gasteiger partial charge in [0.1, 0.15) is 18.8 Å². The maximum atomic E-state index is 11.8. The number of amides is 1. The molecule has 0 aromatic carbocycles. The van der Waals surface area contributed by atoms with Crippen LogP contribution >= 0.6 is 0 Å². The molecule has 0 aliphatic carbocycles. The van der Waals surface area contributed by atoms with E-state index in [9.17, 15) is 17.8 Å². The standard InChI is InChI=1S/C10H15N3O.C8H18O4S/c1-12-7-4-11-9(12)8-10(14)13-5-2-3-6-13;1-2-3-4-5-6-7-8-12-13(9,10)11/h4,7H,2-3,5-6,8H2,1H3;2-8H2,1H3,(H,9,10,11). The molecule has 0 atom stereocenters. The zero-order chi connectivity index (χ0) is 20.1. The fourth-order valence-electron chi connectivity index (χ4n) is 2.88. The Hall–Kier alpha value is -1.45. The summed E-state index contributed by atoms with van der Waals surface area (Å²) >= 11 is 0. The van der Waals surface area contributed by atoms with E-state index in [1.165, 1.54) is 19.3 Å². The van der Waals surface area contributed by atoms with E-state index in [1.807, 2.05) is 28.9 Å². The van der Waals surface area contributed by atoms with Crippen molar-refractivity contribution >= 4 is 16.3 Å². The average Bonchev–Trinajstić information content (AvgIpc) is 3.26. The molecular weight excluding hydrogens is 370 g/mol. The second-order valence-corrected chi connectivity index (χ2v) is 7.83. The summed E-state index contributed by atoms with van der Waals surface area (Å²) in [6.45, 7) is 4.03. The third-order valence-electron chi connectivity index (χ3n) is 4.48. The van der Waals surface area contributed by atoms with E-state index < -0.39 is 10.4 Å². The van der Waals surface area contributed by atoms with Crippen LogP contribution in [0.1, 0.15) is 64.1 Å². The van der Waals surface area contributed by atoms with Crippen LogP contribution in [0.4, 0.5) is 0 Å². The number of carbonyl (C=O) groups is 1. The minimum Gasteiger partial charge on any atom is -0.726 e. The summed E-state index contributed by atoms with van der Waals surface area (Å²) in [6, 6.07) is 0. The highest BCUT2D eigenvalue weighted by atomic mass is 32.3. The molecule has 2 rings (SSSR count). The first-order chi connectivity index (χ1) is 12.8. The number of hydrogen-bond acceptors (Lipinski definition) is 5. The van der Waals surface area contributed by atoms with Gasteiger partial charge in [0.05, 0.1) is 13.7 Å². The largest absolute Gasteiger partial charge is 0.726 e. The normalized spacial score (nSPS) is 14.1. The van der Waals surface area contributed by atoms with Gasteiger partial charge in [-0.3, -0.25) is 8.98 Å². The SMILES string of the molecule is CCCCCCCCOS(=O)(=O)[O-].C[n+]1cc[nH]c1CC(=O)N1CCCC1. The zero-order valence-corrected chi connectivity index (χ0v) is 17.3. The molecule has 0 saturated carbocycles. The minimum atomic E-state index is -4.47. The molecule has 0 unspecified atom stereocenters. The van der Waals surface area contributed by atoms with Crippen LogP contribution in [-0.2, 0) is 32.8 Å². The fraction of sp³-hybridized carbons (Fsp3) is 0.778. The molecule has 1 aromatic rings. The Balaban J connectivity index is 0.000000271. The molecule has 1 saturated heterocycles. The Labute approximate surface area is 162 Å². The van der Waals surface area contributed by atoms with Crippen LogP contribution in [0.25, 0.3) is 0 Å². The van der Waals surface area contributed by atoms with Crippen molar-refractivity contribution in [3.8, 4) is 0 Å². The number of aromatic amines is 1. The van der Waals surface area contributed by atoms with Crippen LogP contribution < -0.4 is 4.57 Å². The van der Waals surface area contributed by atoms with Crippen molar-refractivity contribution in [2.45, 2.75) is 64.7 Å². The first-order valence-corrected chi connectivity index (χ1v) is 11.1. The number of rotatable bonds is 10. The third-order valence-corrected chi connectivity index (χ3v) is 4.93. The molecule has 0 bridgehead atoms. The maximum absolute atomic E-state index is 11.8. The summed E-state index contributed by atoms with van der Waals surface area (Å²) in [7, 11) is -2.52. The second kappa shape index (κ2) is 12.9. The number of imidazole rings is 1. The highest BCUT2D eigenvalue weighted by molar-refractivity contribution is 7.80. The van der Waals surface area contributed by atoms with Gasteiger partial charge in [0, 0.05) is 13.1 Å².